The van der Waals surface area contributed by atoms with Crippen molar-refractivity contribution in [2.45, 2.75) is 42.0 Å². The number of rotatable bonds is 5. The molecule has 3 nitrogen and oxygen atoms in total. The van der Waals surface area contributed by atoms with E-state index >= 15 is 0 Å². The highest BCUT2D eigenvalue weighted by molar-refractivity contribution is 7.99. The third-order valence-electron chi connectivity index (χ3n) is 5.13. The van der Waals surface area contributed by atoms with Crippen LogP contribution in [0.5, 0.6) is 0 Å². The van der Waals surface area contributed by atoms with Crippen LogP contribution in [0.2, 0.25) is 5.02 Å². The van der Waals surface area contributed by atoms with Crippen molar-refractivity contribution in [1.82, 2.24) is 4.57 Å². The Morgan fingerprint density at radius 1 is 1.36 bits per heavy atom. The summed E-state index contributed by atoms with van der Waals surface area (Å²) in [6.45, 7) is 6.58. The zero-order valence-corrected chi connectivity index (χ0v) is 16.9. The molecule has 0 spiro atoms. The van der Waals surface area contributed by atoms with Crippen molar-refractivity contribution in [3.63, 3.8) is 0 Å². The van der Waals surface area contributed by atoms with Crippen LogP contribution in [0.15, 0.2) is 52.8 Å². The maximum atomic E-state index is 14.3. The maximum Gasteiger partial charge on any atom is 0.304 e. The summed E-state index contributed by atoms with van der Waals surface area (Å²) in [5, 5.41) is 11.0. The van der Waals surface area contributed by atoms with Crippen LogP contribution < -0.4 is 0 Å². The number of aromatic nitrogens is 1. The predicted molar refractivity (Wildman–Crippen MR) is 112 cm³/mol. The van der Waals surface area contributed by atoms with Crippen LogP contribution in [0.4, 0.5) is 4.39 Å². The Morgan fingerprint density at radius 3 is 2.71 bits per heavy atom. The Hall–Kier alpha value is -2.24. The van der Waals surface area contributed by atoms with Crippen LogP contribution in [0, 0.1) is 5.82 Å². The molecule has 0 amide bonds. The van der Waals surface area contributed by atoms with Gasteiger partial charge in [0, 0.05) is 38.4 Å². The number of benzene rings is 2. The summed E-state index contributed by atoms with van der Waals surface area (Å²) in [6.07, 6.45) is 0.806. The molecule has 0 radical (unpaired) electrons. The summed E-state index contributed by atoms with van der Waals surface area (Å²) < 4.78 is 16.4. The van der Waals surface area contributed by atoms with Crippen LogP contribution in [0.1, 0.15) is 36.9 Å². The predicted octanol–water partition coefficient (Wildman–Crippen LogP) is 6.58. The van der Waals surface area contributed by atoms with Gasteiger partial charge in [-0.1, -0.05) is 35.5 Å². The Balaban J connectivity index is 1.97. The lowest BCUT2D eigenvalue weighted by atomic mass is 9.98. The second-order valence-electron chi connectivity index (χ2n) is 7.13. The van der Waals surface area contributed by atoms with Gasteiger partial charge in [0.05, 0.1) is 11.9 Å². The van der Waals surface area contributed by atoms with Crippen LogP contribution in [0.3, 0.4) is 0 Å². The van der Waals surface area contributed by atoms with Gasteiger partial charge in [-0.25, -0.2) is 4.39 Å². The lowest BCUT2D eigenvalue weighted by Crippen LogP contribution is -2.04. The van der Waals surface area contributed by atoms with Crippen molar-refractivity contribution in [3.8, 4) is 0 Å². The minimum atomic E-state index is -0.822. The Bertz CT molecular complexity index is 1100. The van der Waals surface area contributed by atoms with Gasteiger partial charge < -0.3 is 9.67 Å². The molecule has 4 rings (SSSR count). The van der Waals surface area contributed by atoms with Crippen molar-refractivity contribution in [2.75, 3.05) is 0 Å². The van der Waals surface area contributed by atoms with E-state index in [2.05, 4.69) is 11.1 Å². The number of carboxylic acids is 1. The van der Waals surface area contributed by atoms with Gasteiger partial charge in [0.15, 0.2) is 0 Å². The number of halogens is 2. The van der Waals surface area contributed by atoms with E-state index in [1.54, 1.807) is 17.8 Å². The van der Waals surface area contributed by atoms with Gasteiger partial charge in [0.25, 0.3) is 0 Å². The summed E-state index contributed by atoms with van der Waals surface area (Å²) in [4.78, 5) is 13.4. The number of carboxylic acid groups (broad SMARTS) is 1. The first kappa shape index (κ1) is 19.1. The Kier molecular flexibility index (Phi) is 4.98. The normalized spacial score (nSPS) is 15.8. The van der Waals surface area contributed by atoms with E-state index in [-0.39, 0.29) is 18.2 Å². The monoisotopic (exact) mass is 415 g/mol. The van der Waals surface area contributed by atoms with Gasteiger partial charge in [-0.3, -0.25) is 4.79 Å². The summed E-state index contributed by atoms with van der Waals surface area (Å²) in [7, 11) is 0. The van der Waals surface area contributed by atoms with E-state index in [1.165, 1.54) is 6.07 Å². The van der Waals surface area contributed by atoms with Crippen molar-refractivity contribution in [1.29, 1.82) is 0 Å². The topological polar surface area (TPSA) is 42.2 Å². The molecule has 0 bridgehead atoms. The molecule has 144 valence electrons. The van der Waals surface area contributed by atoms with Crippen molar-refractivity contribution in [2.24, 2.45) is 0 Å². The summed E-state index contributed by atoms with van der Waals surface area (Å²) >= 11 is 7.59. The number of hydrogen-bond donors (Lipinski definition) is 1. The molecule has 6 heteroatoms. The van der Waals surface area contributed by atoms with E-state index in [1.807, 2.05) is 31.2 Å². The number of nitrogens with zero attached hydrogens (tertiary/aromatic N) is 1. The van der Waals surface area contributed by atoms with Gasteiger partial charge in [-0.05, 0) is 55.3 Å². The first-order valence-corrected chi connectivity index (χ1v) is 10.2. The van der Waals surface area contributed by atoms with Crippen molar-refractivity contribution in [3.05, 3.63) is 65.1 Å². The second kappa shape index (κ2) is 7.30. The van der Waals surface area contributed by atoms with E-state index < -0.39 is 5.97 Å². The molecule has 0 fully saturated rings. The summed E-state index contributed by atoms with van der Waals surface area (Å²) in [6, 6.07) is 10.6. The highest BCUT2D eigenvalue weighted by atomic mass is 35.5. The number of allylic oxidation sites excluding steroid dienone is 1. The van der Waals surface area contributed by atoms with E-state index in [0.717, 1.165) is 43.9 Å². The second-order valence-corrected chi connectivity index (χ2v) is 8.65. The van der Waals surface area contributed by atoms with Crippen LogP contribution in [0.25, 0.3) is 16.5 Å². The Labute approximate surface area is 171 Å². The van der Waals surface area contributed by atoms with E-state index in [9.17, 15) is 14.3 Å². The summed E-state index contributed by atoms with van der Waals surface area (Å²) in [5.74, 6) is -1.23. The van der Waals surface area contributed by atoms with Gasteiger partial charge >= 0.3 is 5.97 Å². The molecule has 0 aliphatic carbocycles. The number of hydrogen-bond acceptors (Lipinski definition) is 2. The first-order valence-electron chi connectivity index (χ1n) is 9.02. The number of fused-ring (bicyclic) bond motifs is 3. The fraction of sp³-hybridized carbons (Fsp3) is 0.227. The van der Waals surface area contributed by atoms with Crippen molar-refractivity contribution >= 4 is 45.8 Å². The molecule has 2 heterocycles. The average molecular weight is 416 g/mol. The van der Waals surface area contributed by atoms with Gasteiger partial charge in [0.2, 0.25) is 0 Å². The zero-order valence-electron chi connectivity index (χ0n) is 15.3. The quantitative estimate of drug-likeness (QED) is 0.511. The molecular weight excluding hydrogens is 397 g/mol. The lowest BCUT2D eigenvalue weighted by Gasteiger charge is -2.12. The largest absolute Gasteiger partial charge is 0.481 e. The fourth-order valence-corrected chi connectivity index (χ4v) is 5.29. The molecular formula is C22H19ClFNO2S. The number of aliphatic carboxylic acids is 1. The standard InChI is InChI=1S/C22H19ClFNO2S/c1-12(2)17-10-15(24)11-18-20(17)22(28-16-5-3-14(23)4-6-16)21-13(9-19(26)27)7-8-25(18)21/h3-6,10-11,13H,1,7-9H2,2H3,(H,26,27). The molecule has 1 aliphatic heterocycles. The minimum Gasteiger partial charge on any atom is -0.481 e. The third-order valence-corrected chi connectivity index (χ3v) is 6.50. The van der Waals surface area contributed by atoms with Gasteiger partial charge in [-0.15, -0.1) is 0 Å². The first-order chi connectivity index (χ1) is 13.3. The molecule has 2 aromatic carbocycles. The molecule has 0 saturated carbocycles. The molecule has 0 saturated heterocycles. The molecule has 28 heavy (non-hydrogen) atoms. The lowest BCUT2D eigenvalue weighted by molar-refractivity contribution is -0.137. The third kappa shape index (κ3) is 3.33. The van der Waals surface area contributed by atoms with Crippen LogP contribution >= 0.6 is 23.4 Å². The SMILES string of the molecule is C=C(C)c1cc(F)cc2c1c(Sc1ccc(Cl)cc1)c1n2CCC1CC(=O)O. The van der Waals surface area contributed by atoms with Gasteiger partial charge in [0.1, 0.15) is 5.82 Å². The average Bonchev–Trinajstić information content (AvgIpc) is 3.16. The summed E-state index contributed by atoms with van der Waals surface area (Å²) in [5.41, 5.74) is 3.33. The highest BCUT2D eigenvalue weighted by Gasteiger charge is 2.32. The van der Waals surface area contributed by atoms with Gasteiger partial charge in [-0.2, -0.15) is 0 Å². The van der Waals surface area contributed by atoms with E-state index in [0.29, 0.717) is 11.6 Å². The Morgan fingerprint density at radius 2 is 2.07 bits per heavy atom. The minimum absolute atomic E-state index is 0.0649. The molecule has 1 aromatic heterocycles. The van der Waals surface area contributed by atoms with Crippen molar-refractivity contribution < 1.29 is 14.3 Å². The smallest absolute Gasteiger partial charge is 0.304 e. The molecule has 3 aromatic rings. The molecule has 1 unspecified atom stereocenters. The van der Waals surface area contributed by atoms with E-state index in [4.69, 9.17) is 11.6 Å². The molecule has 1 aliphatic rings. The maximum absolute atomic E-state index is 14.3. The molecule has 1 N–H and O–H groups in total. The number of carbonyl (C=O) groups is 1. The molecule has 1 atom stereocenters. The highest BCUT2D eigenvalue weighted by Crippen LogP contribution is 2.48. The fourth-order valence-electron chi connectivity index (χ4n) is 3.96. The van der Waals surface area contributed by atoms with Crippen LogP contribution in [-0.2, 0) is 11.3 Å². The number of aryl methyl sites for hydroxylation is 1. The zero-order chi connectivity index (χ0) is 20.0. The van der Waals surface area contributed by atoms with Crippen LogP contribution in [-0.4, -0.2) is 15.6 Å².